The predicted molar refractivity (Wildman–Crippen MR) is 70.9 cm³/mol. The van der Waals surface area contributed by atoms with Crippen molar-refractivity contribution < 1.29 is 4.39 Å². The minimum absolute atomic E-state index is 0.298. The Morgan fingerprint density at radius 1 is 1.53 bits per heavy atom. The molecular weight excluding hydrogens is 269 g/mol. The molecule has 0 aliphatic heterocycles. The van der Waals surface area contributed by atoms with E-state index in [9.17, 15) is 4.39 Å². The smallest absolute Gasteiger partial charge is 0.129 e. The van der Waals surface area contributed by atoms with Crippen molar-refractivity contribution in [1.29, 1.82) is 0 Å². The fraction of sp³-hybridized carbons (Fsp3) is 0.333. The highest BCUT2D eigenvalue weighted by Gasteiger charge is 2.23. The van der Waals surface area contributed by atoms with Crippen LogP contribution in [-0.4, -0.2) is 15.0 Å². The maximum Gasteiger partial charge on any atom is 0.129 e. The number of aromatic nitrogens is 3. The van der Waals surface area contributed by atoms with Gasteiger partial charge in [-0.1, -0.05) is 29.8 Å². The molecule has 2 rings (SSSR count). The quantitative estimate of drug-likeness (QED) is 0.651. The van der Waals surface area contributed by atoms with E-state index in [1.165, 1.54) is 6.07 Å². The Kier molecular flexibility index (Phi) is 4.47. The Morgan fingerprint density at radius 2 is 2.32 bits per heavy atom. The Bertz CT molecular complexity index is 537. The zero-order valence-electron chi connectivity index (χ0n) is 10.5. The summed E-state index contributed by atoms with van der Waals surface area (Å²) in [6, 6.07) is 3.93. The molecule has 1 atom stereocenters. The van der Waals surface area contributed by atoms with Crippen molar-refractivity contribution in [2.45, 2.75) is 25.9 Å². The molecule has 0 saturated carbocycles. The molecule has 0 spiro atoms. The summed E-state index contributed by atoms with van der Waals surface area (Å²) in [5.74, 6) is 5.14. The predicted octanol–water partition coefficient (Wildman–Crippen LogP) is 2.03. The van der Waals surface area contributed by atoms with Gasteiger partial charge in [0.1, 0.15) is 5.82 Å². The molecule has 0 aliphatic carbocycles. The molecule has 1 unspecified atom stereocenters. The van der Waals surface area contributed by atoms with Crippen LogP contribution in [0.5, 0.6) is 0 Å². The first-order chi connectivity index (χ1) is 9.19. The number of nitrogens with zero attached hydrogens (tertiary/aromatic N) is 3. The summed E-state index contributed by atoms with van der Waals surface area (Å²) in [5, 5.41) is 8.12. The molecule has 0 radical (unpaired) electrons. The highest BCUT2D eigenvalue weighted by atomic mass is 35.5. The van der Waals surface area contributed by atoms with Crippen molar-refractivity contribution in [3.05, 3.63) is 46.5 Å². The lowest BCUT2D eigenvalue weighted by Gasteiger charge is -2.19. The van der Waals surface area contributed by atoms with Gasteiger partial charge < -0.3 is 0 Å². The van der Waals surface area contributed by atoms with Gasteiger partial charge in [-0.25, -0.2) is 14.5 Å². The largest absolute Gasteiger partial charge is 0.271 e. The highest BCUT2D eigenvalue weighted by molar-refractivity contribution is 6.31. The summed E-state index contributed by atoms with van der Waals surface area (Å²) in [6.45, 7) is 2.70. The number of hydrazine groups is 1. The summed E-state index contributed by atoms with van der Waals surface area (Å²) in [7, 11) is 0. The van der Waals surface area contributed by atoms with Crippen molar-refractivity contribution in [2.24, 2.45) is 5.84 Å². The Balaban J connectivity index is 2.47. The lowest BCUT2D eigenvalue weighted by Crippen LogP contribution is -2.31. The average molecular weight is 284 g/mol. The molecule has 0 aliphatic rings. The maximum atomic E-state index is 14.0. The second-order valence-electron chi connectivity index (χ2n) is 4.12. The van der Waals surface area contributed by atoms with E-state index < -0.39 is 11.9 Å². The summed E-state index contributed by atoms with van der Waals surface area (Å²) >= 11 is 6.06. The maximum absolute atomic E-state index is 14.0. The van der Waals surface area contributed by atoms with Crippen LogP contribution in [0, 0.1) is 5.82 Å². The molecule has 102 valence electrons. The monoisotopic (exact) mass is 283 g/mol. The van der Waals surface area contributed by atoms with Crippen molar-refractivity contribution in [3.8, 4) is 0 Å². The first-order valence-electron chi connectivity index (χ1n) is 5.97. The molecule has 5 nitrogen and oxygen atoms in total. The average Bonchev–Trinajstić information content (AvgIpc) is 2.83. The molecular formula is C12H15ClFN5. The summed E-state index contributed by atoms with van der Waals surface area (Å²) in [5.41, 5.74) is 3.55. The summed E-state index contributed by atoms with van der Waals surface area (Å²) in [6.07, 6.45) is 2.45. The van der Waals surface area contributed by atoms with E-state index in [1.54, 1.807) is 23.0 Å². The Hall–Kier alpha value is -1.50. The van der Waals surface area contributed by atoms with E-state index in [-0.39, 0.29) is 0 Å². The first kappa shape index (κ1) is 13.9. The number of nitrogens with two attached hydrogens (primary N) is 1. The highest BCUT2D eigenvalue weighted by Crippen LogP contribution is 2.29. The third-order valence-corrected chi connectivity index (χ3v) is 3.16. The molecule has 0 bridgehead atoms. The van der Waals surface area contributed by atoms with Gasteiger partial charge in [-0.2, -0.15) is 0 Å². The van der Waals surface area contributed by atoms with Crippen LogP contribution in [0.25, 0.3) is 0 Å². The van der Waals surface area contributed by atoms with Crippen molar-refractivity contribution in [2.75, 3.05) is 0 Å². The second-order valence-corrected chi connectivity index (χ2v) is 4.52. The SMILES string of the molecule is CCCn1nncc1C(NN)c1c(F)cccc1Cl. The number of hydrogen-bond donors (Lipinski definition) is 2. The van der Waals surface area contributed by atoms with Crippen LogP contribution in [0.4, 0.5) is 4.39 Å². The second kappa shape index (κ2) is 6.10. The topological polar surface area (TPSA) is 68.8 Å². The zero-order chi connectivity index (χ0) is 13.8. The van der Waals surface area contributed by atoms with E-state index in [4.69, 9.17) is 17.4 Å². The van der Waals surface area contributed by atoms with Gasteiger partial charge in [0, 0.05) is 17.1 Å². The molecule has 0 saturated heterocycles. The van der Waals surface area contributed by atoms with E-state index in [0.29, 0.717) is 22.8 Å². The van der Waals surface area contributed by atoms with Crippen LogP contribution in [0.15, 0.2) is 24.4 Å². The summed E-state index contributed by atoms with van der Waals surface area (Å²) in [4.78, 5) is 0. The molecule has 1 aromatic carbocycles. The van der Waals surface area contributed by atoms with E-state index in [2.05, 4.69) is 15.7 Å². The molecule has 1 heterocycles. The van der Waals surface area contributed by atoms with Gasteiger partial charge in [0.05, 0.1) is 17.9 Å². The molecule has 2 aromatic rings. The number of nitrogens with one attached hydrogen (secondary N) is 1. The van der Waals surface area contributed by atoms with Crippen LogP contribution in [0.2, 0.25) is 5.02 Å². The van der Waals surface area contributed by atoms with Crippen LogP contribution in [0.1, 0.15) is 30.6 Å². The van der Waals surface area contributed by atoms with Gasteiger partial charge in [-0.3, -0.25) is 5.84 Å². The van der Waals surface area contributed by atoms with Gasteiger partial charge in [0.15, 0.2) is 0 Å². The lowest BCUT2D eigenvalue weighted by atomic mass is 10.0. The number of aryl methyl sites for hydroxylation is 1. The van der Waals surface area contributed by atoms with Crippen molar-refractivity contribution in [1.82, 2.24) is 20.4 Å². The number of hydrogen-bond acceptors (Lipinski definition) is 4. The summed E-state index contributed by atoms with van der Waals surface area (Å²) < 4.78 is 15.7. The molecule has 0 fully saturated rings. The zero-order valence-corrected chi connectivity index (χ0v) is 11.2. The Labute approximate surface area is 115 Å². The van der Waals surface area contributed by atoms with E-state index in [1.807, 2.05) is 6.92 Å². The standard InChI is InChI=1S/C12H15ClFN5/c1-2-6-19-10(7-16-18-19)12(17-15)11-8(13)4-3-5-9(11)14/h3-5,7,12,17H,2,6,15H2,1H3. The molecule has 19 heavy (non-hydrogen) atoms. The number of rotatable bonds is 5. The van der Waals surface area contributed by atoms with Crippen LogP contribution < -0.4 is 11.3 Å². The third kappa shape index (κ3) is 2.75. The number of benzene rings is 1. The van der Waals surface area contributed by atoms with Crippen LogP contribution in [-0.2, 0) is 6.54 Å². The molecule has 3 N–H and O–H groups in total. The third-order valence-electron chi connectivity index (χ3n) is 2.83. The van der Waals surface area contributed by atoms with Gasteiger partial charge in [0.25, 0.3) is 0 Å². The molecule has 7 heteroatoms. The van der Waals surface area contributed by atoms with Crippen LogP contribution >= 0.6 is 11.6 Å². The van der Waals surface area contributed by atoms with Gasteiger partial charge in [-0.05, 0) is 18.6 Å². The number of halogens is 2. The minimum Gasteiger partial charge on any atom is -0.271 e. The van der Waals surface area contributed by atoms with Gasteiger partial charge in [0.2, 0.25) is 0 Å². The fourth-order valence-corrected chi connectivity index (χ4v) is 2.25. The van der Waals surface area contributed by atoms with E-state index >= 15 is 0 Å². The Morgan fingerprint density at radius 3 is 2.95 bits per heavy atom. The van der Waals surface area contributed by atoms with Crippen LogP contribution in [0.3, 0.4) is 0 Å². The first-order valence-corrected chi connectivity index (χ1v) is 6.35. The van der Waals surface area contributed by atoms with Crippen molar-refractivity contribution in [3.63, 3.8) is 0 Å². The van der Waals surface area contributed by atoms with Gasteiger partial charge in [-0.15, -0.1) is 5.10 Å². The molecule has 1 aromatic heterocycles. The fourth-order valence-electron chi connectivity index (χ4n) is 1.98. The minimum atomic E-state index is -0.588. The lowest BCUT2D eigenvalue weighted by molar-refractivity contribution is 0.496. The van der Waals surface area contributed by atoms with Crippen molar-refractivity contribution >= 4 is 11.6 Å². The van der Waals surface area contributed by atoms with Gasteiger partial charge >= 0.3 is 0 Å². The molecule has 0 amide bonds. The van der Waals surface area contributed by atoms with E-state index in [0.717, 1.165) is 6.42 Å². The normalized spacial score (nSPS) is 12.6.